The van der Waals surface area contributed by atoms with Crippen molar-refractivity contribution in [2.45, 2.75) is 32.2 Å². The van der Waals surface area contributed by atoms with Crippen LogP contribution < -0.4 is 10.6 Å². The lowest BCUT2D eigenvalue weighted by atomic mass is 9.90. The van der Waals surface area contributed by atoms with Crippen LogP contribution in [0, 0.1) is 5.92 Å². The number of carbonyl (C=O) groups excluding carboxylic acids is 3. The Morgan fingerprint density at radius 3 is 2.26 bits per heavy atom. The number of piperidine rings is 1. The molecular weight excluding hydrogens is 394 g/mol. The van der Waals surface area contributed by atoms with Crippen molar-refractivity contribution in [1.82, 2.24) is 10.2 Å². The van der Waals surface area contributed by atoms with Gasteiger partial charge in [-0.25, -0.2) is 9.59 Å². The minimum Gasteiger partial charge on any atom is -0.454 e. The van der Waals surface area contributed by atoms with Gasteiger partial charge in [0.2, 0.25) is 0 Å². The molecule has 3 rings (SSSR count). The first-order chi connectivity index (χ1) is 15.0. The van der Waals surface area contributed by atoms with E-state index in [0.29, 0.717) is 24.7 Å². The Balaban J connectivity index is 1.35. The van der Waals surface area contributed by atoms with Crippen molar-refractivity contribution in [3.8, 4) is 0 Å². The highest BCUT2D eigenvalue weighted by molar-refractivity contribution is 5.92. The van der Waals surface area contributed by atoms with Crippen molar-refractivity contribution in [3.63, 3.8) is 0 Å². The van der Waals surface area contributed by atoms with Crippen LogP contribution in [0.2, 0.25) is 0 Å². The number of carbonyl (C=O) groups is 3. The van der Waals surface area contributed by atoms with Gasteiger partial charge in [0.25, 0.3) is 5.91 Å². The van der Waals surface area contributed by atoms with Crippen molar-refractivity contribution >= 4 is 23.6 Å². The third-order valence-corrected chi connectivity index (χ3v) is 5.41. The molecule has 0 unspecified atom stereocenters. The Bertz CT molecular complexity index is 865. The third kappa shape index (κ3) is 7.13. The van der Waals surface area contributed by atoms with Gasteiger partial charge in [0.15, 0.2) is 6.61 Å². The number of nitrogens with zero attached hydrogens (tertiary/aromatic N) is 1. The van der Waals surface area contributed by atoms with Crippen molar-refractivity contribution in [3.05, 3.63) is 66.2 Å². The van der Waals surface area contributed by atoms with Gasteiger partial charge in [-0.1, -0.05) is 48.5 Å². The second kappa shape index (κ2) is 11.2. The first kappa shape index (κ1) is 22.3. The third-order valence-electron chi connectivity index (χ3n) is 5.41. The summed E-state index contributed by atoms with van der Waals surface area (Å²) in [5, 5.41) is 5.14. The lowest BCUT2D eigenvalue weighted by Gasteiger charge is -2.32. The number of rotatable bonds is 7. The molecule has 2 aromatic rings. The zero-order chi connectivity index (χ0) is 22.1. The molecular formula is C24H29N3O4. The summed E-state index contributed by atoms with van der Waals surface area (Å²) in [6, 6.07) is 17.9. The van der Waals surface area contributed by atoms with Gasteiger partial charge >= 0.3 is 12.0 Å². The van der Waals surface area contributed by atoms with Crippen molar-refractivity contribution in [2.75, 3.05) is 25.0 Å². The molecule has 1 heterocycles. The summed E-state index contributed by atoms with van der Waals surface area (Å²) in [6.45, 7) is 2.54. The molecule has 2 N–H and O–H groups in total. The van der Waals surface area contributed by atoms with Crippen LogP contribution in [0.5, 0.6) is 0 Å². The van der Waals surface area contributed by atoms with Crippen LogP contribution >= 0.6 is 0 Å². The van der Waals surface area contributed by atoms with Gasteiger partial charge in [0.1, 0.15) is 6.04 Å². The van der Waals surface area contributed by atoms with Crippen molar-refractivity contribution in [2.24, 2.45) is 5.92 Å². The standard InChI is InChI=1S/C24H29N3O4/c1-18(25-24(30)26-21-10-6-3-7-11-21)23(29)31-17-22(28)27-14-12-20(13-15-27)16-19-8-4-2-5-9-19/h2-11,18,20H,12-17H2,1H3,(H2,25,26,30)/t18-/m0/s1. The number of esters is 1. The molecule has 1 atom stereocenters. The quantitative estimate of drug-likeness (QED) is 0.670. The number of hydrogen-bond acceptors (Lipinski definition) is 4. The fraction of sp³-hybridized carbons (Fsp3) is 0.375. The number of ether oxygens (including phenoxy) is 1. The lowest BCUT2D eigenvalue weighted by molar-refractivity contribution is -0.153. The highest BCUT2D eigenvalue weighted by atomic mass is 16.5. The summed E-state index contributed by atoms with van der Waals surface area (Å²) in [7, 11) is 0. The first-order valence-corrected chi connectivity index (χ1v) is 10.6. The summed E-state index contributed by atoms with van der Waals surface area (Å²) in [5.41, 5.74) is 1.94. The highest BCUT2D eigenvalue weighted by Gasteiger charge is 2.25. The van der Waals surface area contributed by atoms with E-state index in [9.17, 15) is 14.4 Å². The van der Waals surface area contributed by atoms with Crippen LogP contribution in [0.15, 0.2) is 60.7 Å². The smallest absolute Gasteiger partial charge is 0.328 e. The molecule has 7 heteroatoms. The van der Waals surface area contributed by atoms with Crippen molar-refractivity contribution < 1.29 is 19.1 Å². The molecule has 1 aliphatic heterocycles. The Morgan fingerprint density at radius 1 is 1.00 bits per heavy atom. The molecule has 7 nitrogen and oxygen atoms in total. The van der Waals surface area contributed by atoms with Crippen LogP contribution in [0.4, 0.5) is 10.5 Å². The molecule has 0 saturated carbocycles. The number of para-hydroxylation sites is 1. The number of anilines is 1. The minimum absolute atomic E-state index is 0.201. The maximum atomic E-state index is 12.4. The number of amides is 3. The zero-order valence-electron chi connectivity index (χ0n) is 17.8. The van der Waals surface area contributed by atoms with Gasteiger partial charge in [-0.2, -0.15) is 0 Å². The summed E-state index contributed by atoms with van der Waals surface area (Å²) in [6.07, 6.45) is 2.89. The second-order valence-electron chi connectivity index (χ2n) is 7.81. The van der Waals surface area contributed by atoms with Crippen LogP contribution in [0.3, 0.4) is 0 Å². The molecule has 1 aliphatic rings. The Morgan fingerprint density at radius 2 is 1.61 bits per heavy atom. The molecule has 0 radical (unpaired) electrons. The molecule has 164 valence electrons. The predicted molar refractivity (Wildman–Crippen MR) is 118 cm³/mol. The van der Waals surface area contributed by atoms with E-state index in [4.69, 9.17) is 4.74 Å². The van der Waals surface area contributed by atoms with E-state index in [1.54, 1.807) is 29.2 Å². The predicted octanol–water partition coefficient (Wildman–Crippen LogP) is 3.22. The number of likely N-dealkylation sites (tertiary alicyclic amines) is 1. The number of benzene rings is 2. The fourth-order valence-corrected chi connectivity index (χ4v) is 3.63. The monoisotopic (exact) mass is 423 g/mol. The summed E-state index contributed by atoms with van der Waals surface area (Å²) in [4.78, 5) is 38.3. The number of urea groups is 1. The summed E-state index contributed by atoms with van der Waals surface area (Å²) < 4.78 is 5.12. The SMILES string of the molecule is C[C@H](NC(=O)Nc1ccccc1)C(=O)OCC(=O)N1CCC(Cc2ccccc2)CC1. The van der Waals surface area contributed by atoms with Gasteiger partial charge in [0.05, 0.1) is 0 Å². The van der Waals surface area contributed by atoms with Crippen LogP contribution in [0.25, 0.3) is 0 Å². The lowest BCUT2D eigenvalue weighted by Crippen LogP contribution is -2.44. The topological polar surface area (TPSA) is 87.7 Å². The molecule has 0 spiro atoms. The van der Waals surface area contributed by atoms with Crippen LogP contribution in [0.1, 0.15) is 25.3 Å². The largest absolute Gasteiger partial charge is 0.454 e. The summed E-state index contributed by atoms with van der Waals surface area (Å²) >= 11 is 0. The highest BCUT2D eigenvalue weighted by Crippen LogP contribution is 2.21. The van der Waals surface area contributed by atoms with Crippen molar-refractivity contribution in [1.29, 1.82) is 0 Å². The average Bonchev–Trinajstić information content (AvgIpc) is 2.79. The Kier molecular flexibility index (Phi) is 8.04. The van der Waals surface area contributed by atoms with E-state index in [1.165, 1.54) is 12.5 Å². The van der Waals surface area contributed by atoms with E-state index in [2.05, 4.69) is 22.8 Å². The normalized spacial score (nSPS) is 15.1. The molecule has 3 amide bonds. The Hall–Kier alpha value is -3.35. The van der Waals surface area contributed by atoms with E-state index in [0.717, 1.165) is 19.3 Å². The van der Waals surface area contributed by atoms with E-state index < -0.39 is 18.0 Å². The maximum absolute atomic E-state index is 12.4. The second-order valence-corrected chi connectivity index (χ2v) is 7.81. The first-order valence-electron chi connectivity index (χ1n) is 10.6. The van der Waals surface area contributed by atoms with Gasteiger partial charge in [-0.15, -0.1) is 0 Å². The molecule has 0 aromatic heterocycles. The minimum atomic E-state index is -0.867. The molecule has 1 fully saturated rings. The maximum Gasteiger partial charge on any atom is 0.328 e. The molecule has 1 saturated heterocycles. The van der Waals surface area contributed by atoms with E-state index >= 15 is 0 Å². The van der Waals surface area contributed by atoms with Gasteiger partial charge in [0, 0.05) is 18.8 Å². The Labute approximate surface area is 182 Å². The molecule has 2 aromatic carbocycles. The average molecular weight is 424 g/mol. The van der Waals surface area contributed by atoms with Gasteiger partial charge < -0.3 is 20.3 Å². The summed E-state index contributed by atoms with van der Waals surface area (Å²) in [5.74, 6) is -0.288. The van der Waals surface area contributed by atoms with Crippen LogP contribution in [-0.4, -0.2) is 48.5 Å². The fourth-order valence-electron chi connectivity index (χ4n) is 3.63. The molecule has 0 aliphatic carbocycles. The molecule has 0 bridgehead atoms. The van der Waals surface area contributed by atoms with Crippen LogP contribution in [-0.2, 0) is 20.7 Å². The van der Waals surface area contributed by atoms with E-state index in [1.807, 2.05) is 24.3 Å². The number of hydrogen-bond donors (Lipinski definition) is 2. The molecule has 31 heavy (non-hydrogen) atoms. The van der Waals surface area contributed by atoms with E-state index in [-0.39, 0.29) is 12.5 Å². The zero-order valence-corrected chi connectivity index (χ0v) is 17.8. The van der Waals surface area contributed by atoms with Gasteiger partial charge in [-0.05, 0) is 49.8 Å². The number of nitrogens with one attached hydrogen (secondary N) is 2. The van der Waals surface area contributed by atoms with Gasteiger partial charge in [-0.3, -0.25) is 4.79 Å².